The van der Waals surface area contributed by atoms with E-state index >= 15 is 0 Å². The van der Waals surface area contributed by atoms with E-state index in [9.17, 15) is 13.2 Å². The van der Waals surface area contributed by atoms with Crippen molar-refractivity contribution in [3.05, 3.63) is 89.4 Å². The van der Waals surface area contributed by atoms with Gasteiger partial charge in [-0.25, -0.2) is 18.1 Å². The summed E-state index contributed by atoms with van der Waals surface area (Å²) in [5, 5.41) is 3.84. The number of para-hydroxylation sites is 1. The van der Waals surface area contributed by atoms with Crippen LogP contribution in [0.2, 0.25) is 0 Å². The van der Waals surface area contributed by atoms with E-state index in [4.69, 9.17) is 0 Å². The minimum atomic E-state index is -3.61. The summed E-state index contributed by atoms with van der Waals surface area (Å²) in [6, 6.07) is 23.7. The lowest BCUT2D eigenvalue weighted by atomic mass is 10.1. The van der Waals surface area contributed by atoms with Gasteiger partial charge < -0.3 is 5.32 Å². The molecule has 31 heavy (non-hydrogen) atoms. The summed E-state index contributed by atoms with van der Waals surface area (Å²) in [5.74, 6) is -0.255. The summed E-state index contributed by atoms with van der Waals surface area (Å²) in [7, 11) is -3.61. The van der Waals surface area contributed by atoms with Crippen LogP contribution < -0.4 is 10.0 Å². The number of thiazole rings is 1. The first-order chi connectivity index (χ1) is 15.0. The van der Waals surface area contributed by atoms with E-state index in [0.717, 1.165) is 22.5 Å². The van der Waals surface area contributed by atoms with E-state index in [0.29, 0.717) is 5.69 Å². The molecule has 0 atom stereocenters. The molecule has 0 fully saturated rings. The van der Waals surface area contributed by atoms with Crippen LogP contribution in [-0.2, 0) is 21.2 Å². The van der Waals surface area contributed by atoms with Crippen LogP contribution in [0.4, 0.5) is 5.69 Å². The van der Waals surface area contributed by atoms with Gasteiger partial charge in [-0.05, 0) is 42.0 Å². The Morgan fingerprint density at radius 3 is 2.35 bits per heavy atom. The molecular formula is C23H21N3O3S2. The maximum Gasteiger partial charge on any atom is 0.240 e. The van der Waals surface area contributed by atoms with E-state index in [1.54, 1.807) is 29.5 Å². The SMILES string of the molecule is O=C(CCNS(=O)(=O)c1ccccc1)Nc1ccc(Cc2nc3ccccc3s2)cc1. The number of sulfonamides is 1. The quantitative estimate of drug-likeness (QED) is 0.420. The zero-order valence-corrected chi connectivity index (χ0v) is 18.2. The van der Waals surface area contributed by atoms with Gasteiger partial charge in [-0.2, -0.15) is 0 Å². The average Bonchev–Trinajstić information content (AvgIpc) is 3.18. The van der Waals surface area contributed by atoms with Crippen LogP contribution in [-0.4, -0.2) is 25.9 Å². The summed E-state index contributed by atoms with van der Waals surface area (Å²) in [5.41, 5.74) is 2.78. The molecule has 2 N–H and O–H groups in total. The average molecular weight is 452 g/mol. The highest BCUT2D eigenvalue weighted by molar-refractivity contribution is 7.89. The van der Waals surface area contributed by atoms with Crippen LogP contribution >= 0.6 is 11.3 Å². The molecule has 0 radical (unpaired) electrons. The normalized spacial score (nSPS) is 11.5. The second kappa shape index (κ2) is 9.38. The highest BCUT2D eigenvalue weighted by Gasteiger charge is 2.13. The topological polar surface area (TPSA) is 88.2 Å². The molecule has 0 spiro atoms. The molecule has 1 amide bonds. The van der Waals surface area contributed by atoms with Crippen molar-refractivity contribution in [2.75, 3.05) is 11.9 Å². The fourth-order valence-corrected chi connectivity index (χ4v) is 5.14. The predicted molar refractivity (Wildman–Crippen MR) is 124 cm³/mol. The van der Waals surface area contributed by atoms with Crippen molar-refractivity contribution in [2.45, 2.75) is 17.7 Å². The Balaban J connectivity index is 1.28. The molecule has 0 saturated heterocycles. The zero-order valence-electron chi connectivity index (χ0n) is 16.6. The standard InChI is InChI=1S/C23H21N3O3S2/c27-22(14-15-24-31(28,29)19-6-2-1-3-7-19)25-18-12-10-17(11-13-18)16-23-26-20-8-4-5-9-21(20)30-23/h1-13,24H,14-16H2,(H,25,27). The number of anilines is 1. The van der Waals surface area contributed by atoms with Crippen molar-refractivity contribution in [1.29, 1.82) is 0 Å². The van der Waals surface area contributed by atoms with Crippen LogP contribution in [0.15, 0.2) is 83.8 Å². The van der Waals surface area contributed by atoms with Crippen molar-refractivity contribution in [3.63, 3.8) is 0 Å². The number of nitrogens with one attached hydrogen (secondary N) is 2. The van der Waals surface area contributed by atoms with E-state index in [1.165, 1.54) is 16.8 Å². The minimum absolute atomic E-state index is 0.0265. The summed E-state index contributed by atoms with van der Waals surface area (Å²) < 4.78 is 28.0. The summed E-state index contributed by atoms with van der Waals surface area (Å²) >= 11 is 1.68. The third-order valence-electron chi connectivity index (χ3n) is 4.63. The molecule has 4 aromatic rings. The first-order valence-corrected chi connectivity index (χ1v) is 12.1. The smallest absolute Gasteiger partial charge is 0.240 e. The number of fused-ring (bicyclic) bond motifs is 1. The highest BCUT2D eigenvalue weighted by Crippen LogP contribution is 2.24. The van der Waals surface area contributed by atoms with Gasteiger partial charge in [0, 0.05) is 25.1 Å². The Morgan fingerprint density at radius 1 is 0.903 bits per heavy atom. The molecule has 0 aliphatic carbocycles. The van der Waals surface area contributed by atoms with Gasteiger partial charge in [0.1, 0.15) is 0 Å². The Hall–Kier alpha value is -3.07. The third-order valence-corrected chi connectivity index (χ3v) is 7.14. The molecule has 0 aliphatic rings. The molecule has 0 unspecified atom stereocenters. The third kappa shape index (κ3) is 5.55. The molecule has 1 aromatic heterocycles. The van der Waals surface area contributed by atoms with Crippen LogP contribution in [0.1, 0.15) is 17.0 Å². The molecule has 1 heterocycles. The maximum atomic E-state index is 12.2. The predicted octanol–water partition coefficient (Wildman–Crippen LogP) is 4.19. The van der Waals surface area contributed by atoms with Crippen molar-refractivity contribution in [2.24, 2.45) is 0 Å². The summed E-state index contributed by atoms with van der Waals surface area (Å²) in [4.78, 5) is 17.0. The number of carbonyl (C=O) groups excluding carboxylic acids is 1. The van der Waals surface area contributed by atoms with E-state index in [-0.39, 0.29) is 23.8 Å². The monoisotopic (exact) mass is 451 g/mol. The van der Waals surface area contributed by atoms with Gasteiger partial charge >= 0.3 is 0 Å². The number of benzene rings is 3. The molecule has 3 aromatic carbocycles. The van der Waals surface area contributed by atoms with Crippen LogP contribution in [0.25, 0.3) is 10.2 Å². The number of rotatable bonds is 8. The van der Waals surface area contributed by atoms with Gasteiger partial charge in [0.05, 0.1) is 20.1 Å². The molecule has 4 rings (SSSR count). The van der Waals surface area contributed by atoms with Gasteiger partial charge in [0.25, 0.3) is 0 Å². The molecule has 0 saturated carbocycles. The number of amides is 1. The van der Waals surface area contributed by atoms with Crippen LogP contribution in [0.5, 0.6) is 0 Å². The lowest BCUT2D eigenvalue weighted by molar-refractivity contribution is -0.116. The Morgan fingerprint density at radius 2 is 1.61 bits per heavy atom. The maximum absolute atomic E-state index is 12.2. The van der Waals surface area contributed by atoms with Gasteiger partial charge in [-0.3, -0.25) is 4.79 Å². The molecule has 6 nitrogen and oxygen atoms in total. The molecular weight excluding hydrogens is 430 g/mol. The van der Waals surface area contributed by atoms with Crippen LogP contribution in [0, 0.1) is 0 Å². The first-order valence-electron chi connectivity index (χ1n) is 9.77. The number of aromatic nitrogens is 1. The van der Waals surface area contributed by atoms with Gasteiger partial charge in [-0.1, -0.05) is 42.5 Å². The Kier molecular flexibility index (Phi) is 6.41. The minimum Gasteiger partial charge on any atom is -0.326 e. The molecule has 8 heteroatoms. The Labute approximate surface area is 185 Å². The van der Waals surface area contributed by atoms with Crippen molar-refractivity contribution in [3.8, 4) is 0 Å². The summed E-state index contributed by atoms with van der Waals surface area (Å²) in [6.07, 6.45) is 0.772. The van der Waals surface area contributed by atoms with Gasteiger partial charge in [0.15, 0.2) is 0 Å². The lowest BCUT2D eigenvalue weighted by Gasteiger charge is -2.08. The number of hydrogen-bond donors (Lipinski definition) is 2. The summed E-state index contributed by atoms with van der Waals surface area (Å²) in [6.45, 7) is 0.0265. The van der Waals surface area contributed by atoms with E-state index in [2.05, 4.69) is 21.1 Å². The fourth-order valence-electron chi connectivity index (χ4n) is 3.08. The first kappa shape index (κ1) is 21.2. The number of carbonyl (C=O) groups is 1. The van der Waals surface area contributed by atoms with Crippen molar-refractivity contribution in [1.82, 2.24) is 9.71 Å². The van der Waals surface area contributed by atoms with Crippen molar-refractivity contribution < 1.29 is 13.2 Å². The van der Waals surface area contributed by atoms with Crippen LogP contribution in [0.3, 0.4) is 0 Å². The van der Waals surface area contributed by atoms with Gasteiger partial charge in [0.2, 0.25) is 15.9 Å². The second-order valence-corrected chi connectivity index (χ2v) is 9.84. The Bertz CT molecular complexity index is 1250. The van der Waals surface area contributed by atoms with E-state index < -0.39 is 10.0 Å². The number of nitrogens with zero attached hydrogens (tertiary/aromatic N) is 1. The number of hydrogen-bond acceptors (Lipinski definition) is 5. The molecule has 0 bridgehead atoms. The largest absolute Gasteiger partial charge is 0.326 e. The second-order valence-electron chi connectivity index (χ2n) is 6.96. The van der Waals surface area contributed by atoms with Crippen molar-refractivity contribution >= 4 is 43.2 Å². The zero-order chi connectivity index (χ0) is 21.7. The lowest BCUT2D eigenvalue weighted by Crippen LogP contribution is -2.27. The highest BCUT2D eigenvalue weighted by atomic mass is 32.2. The van der Waals surface area contributed by atoms with E-state index in [1.807, 2.05) is 42.5 Å². The molecule has 158 valence electrons. The van der Waals surface area contributed by atoms with Gasteiger partial charge in [-0.15, -0.1) is 11.3 Å². The fraction of sp³-hybridized carbons (Fsp3) is 0.130. The molecule has 0 aliphatic heterocycles.